The Morgan fingerprint density at radius 1 is 0.390 bits per heavy atom. The standard InChI is InChI=1S/C35H72N4O2/c1-7-9-11-13-15-17-19-21-23-25-27-30-34(40)36-38(3,4)32-29-33-39(5,6)37-35(41)31-28-26-24-22-20-18-16-14-12-10-8-2/h7-33H2,1-6H3/p+2. The van der Waals surface area contributed by atoms with Gasteiger partial charge < -0.3 is 0 Å². The van der Waals surface area contributed by atoms with E-state index in [2.05, 4.69) is 52.9 Å². The van der Waals surface area contributed by atoms with Crippen molar-refractivity contribution >= 4 is 11.8 Å². The van der Waals surface area contributed by atoms with Gasteiger partial charge in [-0.25, -0.2) is 20.0 Å². The number of hydrogen-bond donors (Lipinski definition) is 2. The Bertz CT molecular complexity index is 569. The number of rotatable bonds is 30. The molecule has 0 bridgehead atoms. The average molecular weight is 583 g/mol. The molecule has 0 saturated carbocycles. The van der Waals surface area contributed by atoms with Gasteiger partial charge in [-0.3, -0.25) is 9.59 Å². The first kappa shape index (κ1) is 39.9. The van der Waals surface area contributed by atoms with E-state index in [4.69, 9.17) is 0 Å². The molecule has 0 saturated heterocycles. The Hall–Kier alpha value is -1.14. The summed E-state index contributed by atoms with van der Waals surface area (Å²) >= 11 is 0. The molecule has 0 aromatic heterocycles. The zero-order valence-electron chi connectivity index (χ0n) is 28.8. The summed E-state index contributed by atoms with van der Waals surface area (Å²) in [5.41, 5.74) is 6.37. The third-order valence-electron chi connectivity index (χ3n) is 8.30. The summed E-state index contributed by atoms with van der Waals surface area (Å²) in [6.07, 6.45) is 30.7. The monoisotopic (exact) mass is 583 g/mol. The van der Waals surface area contributed by atoms with Gasteiger partial charge >= 0.3 is 0 Å². The molecule has 0 heterocycles. The minimum absolute atomic E-state index is 0.153. The summed E-state index contributed by atoms with van der Waals surface area (Å²) in [5, 5.41) is 0. The number of amides is 2. The van der Waals surface area contributed by atoms with Crippen LogP contribution in [0.3, 0.4) is 0 Å². The molecule has 0 aromatic carbocycles. The molecule has 0 aliphatic heterocycles. The van der Waals surface area contributed by atoms with Crippen molar-refractivity contribution < 1.29 is 18.8 Å². The molecule has 0 aliphatic carbocycles. The molecule has 0 spiro atoms. The van der Waals surface area contributed by atoms with Crippen molar-refractivity contribution in [3.05, 3.63) is 0 Å². The van der Waals surface area contributed by atoms with Crippen LogP contribution in [0.15, 0.2) is 0 Å². The Labute approximate surface area is 256 Å². The molecule has 6 heteroatoms. The summed E-state index contributed by atoms with van der Waals surface area (Å²) in [4.78, 5) is 25.0. The van der Waals surface area contributed by atoms with Gasteiger partial charge in [-0.1, -0.05) is 142 Å². The molecule has 244 valence electrons. The van der Waals surface area contributed by atoms with Crippen LogP contribution in [0.4, 0.5) is 0 Å². The molecule has 0 rings (SSSR count). The second-order valence-electron chi connectivity index (χ2n) is 13.8. The maximum Gasteiger partial charge on any atom is 0.264 e. The minimum Gasteiger partial charge on any atom is -0.270 e. The number of nitrogens with one attached hydrogen (secondary N) is 2. The van der Waals surface area contributed by atoms with Crippen LogP contribution in [-0.2, 0) is 9.59 Å². The number of nitrogens with zero attached hydrogens (tertiary/aromatic N) is 2. The Morgan fingerprint density at radius 3 is 0.902 bits per heavy atom. The fourth-order valence-corrected chi connectivity index (χ4v) is 5.66. The summed E-state index contributed by atoms with van der Waals surface area (Å²) in [6.45, 7) is 6.23. The quantitative estimate of drug-likeness (QED) is 0.0504. The number of unbranched alkanes of at least 4 members (excludes halogenated alkanes) is 20. The lowest BCUT2D eigenvalue weighted by Gasteiger charge is -2.32. The fraction of sp³-hybridized carbons (Fsp3) is 0.943. The van der Waals surface area contributed by atoms with Crippen LogP contribution in [0, 0.1) is 0 Å². The van der Waals surface area contributed by atoms with E-state index in [0.29, 0.717) is 22.0 Å². The maximum absolute atomic E-state index is 12.5. The lowest BCUT2D eigenvalue weighted by atomic mass is 10.1. The van der Waals surface area contributed by atoms with Crippen molar-refractivity contribution in [1.82, 2.24) is 10.9 Å². The maximum atomic E-state index is 12.5. The van der Waals surface area contributed by atoms with Gasteiger partial charge in [-0.2, -0.15) is 0 Å². The molecule has 2 amide bonds. The Morgan fingerprint density at radius 2 is 0.634 bits per heavy atom. The summed E-state index contributed by atoms with van der Waals surface area (Å²) in [6, 6.07) is 0. The Kier molecular flexibility index (Phi) is 25.7. The number of carbonyl (C=O) groups is 2. The molecule has 2 N–H and O–H groups in total. The van der Waals surface area contributed by atoms with Crippen molar-refractivity contribution in [2.75, 3.05) is 41.3 Å². The number of carbonyl (C=O) groups excluding carboxylic acids is 2. The van der Waals surface area contributed by atoms with Crippen LogP contribution in [-0.4, -0.2) is 62.3 Å². The fourth-order valence-electron chi connectivity index (χ4n) is 5.66. The van der Waals surface area contributed by atoms with Crippen LogP contribution in [0.5, 0.6) is 0 Å². The van der Waals surface area contributed by atoms with Crippen LogP contribution in [0.2, 0.25) is 0 Å². The molecule has 0 atom stereocenters. The van der Waals surface area contributed by atoms with Crippen LogP contribution < -0.4 is 10.9 Å². The van der Waals surface area contributed by atoms with Crippen molar-refractivity contribution in [3.8, 4) is 0 Å². The van der Waals surface area contributed by atoms with Gasteiger partial charge in [0.25, 0.3) is 11.8 Å². The van der Waals surface area contributed by atoms with Crippen molar-refractivity contribution in [3.63, 3.8) is 0 Å². The van der Waals surface area contributed by atoms with Crippen molar-refractivity contribution in [2.24, 2.45) is 0 Å². The van der Waals surface area contributed by atoms with Crippen LogP contribution in [0.25, 0.3) is 0 Å². The molecule has 6 nitrogen and oxygen atoms in total. The van der Waals surface area contributed by atoms with E-state index in [-0.39, 0.29) is 11.8 Å². The van der Waals surface area contributed by atoms with Crippen LogP contribution >= 0.6 is 0 Å². The predicted octanol–water partition coefficient (Wildman–Crippen LogP) is 8.99. The molecule has 41 heavy (non-hydrogen) atoms. The molecule has 0 unspecified atom stereocenters. The topological polar surface area (TPSA) is 58.2 Å². The van der Waals surface area contributed by atoms with Crippen LogP contribution in [0.1, 0.15) is 174 Å². The smallest absolute Gasteiger partial charge is 0.264 e. The van der Waals surface area contributed by atoms with Gasteiger partial charge in [-0.05, 0) is 12.8 Å². The van der Waals surface area contributed by atoms with Gasteiger partial charge in [0.05, 0.1) is 34.6 Å². The predicted molar refractivity (Wildman–Crippen MR) is 177 cm³/mol. The molecule has 0 aliphatic rings. The van der Waals surface area contributed by atoms with Gasteiger partial charge in [0.15, 0.2) is 0 Å². The van der Waals surface area contributed by atoms with E-state index >= 15 is 0 Å². The average Bonchev–Trinajstić information content (AvgIpc) is 2.89. The van der Waals surface area contributed by atoms with E-state index in [1.165, 1.54) is 116 Å². The summed E-state index contributed by atoms with van der Waals surface area (Å²) < 4.78 is 0.979. The summed E-state index contributed by atoms with van der Waals surface area (Å²) in [7, 11) is 8.24. The van der Waals surface area contributed by atoms with Crippen molar-refractivity contribution in [1.29, 1.82) is 0 Å². The minimum atomic E-state index is 0.153. The zero-order valence-corrected chi connectivity index (χ0v) is 28.8. The molecule has 0 radical (unpaired) electrons. The van der Waals surface area contributed by atoms with Crippen molar-refractivity contribution in [2.45, 2.75) is 174 Å². The normalized spacial score (nSPS) is 12.0. The largest absolute Gasteiger partial charge is 0.270 e. The van der Waals surface area contributed by atoms with Gasteiger partial charge in [0.1, 0.15) is 13.1 Å². The van der Waals surface area contributed by atoms with Gasteiger partial charge in [-0.15, -0.1) is 0 Å². The highest BCUT2D eigenvalue weighted by Crippen LogP contribution is 2.13. The first-order valence-electron chi connectivity index (χ1n) is 17.9. The number of hydrogen-bond acceptors (Lipinski definition) is 2. The van der Waals surface area contributed by atoms with E-state index in [9.17, 15) is 9.59 Å². The zero-order chi connectivity index (χ0) is 30.7. The van der Waals surface area contributed by atoms with E-state index in [1.54, 1.807) is 0 Å². The second-order valence-corrected chi connectivity index (χ2v) is 13.8. The highest BCUT2D eigenvalue weighted by Gasteiger charge is 2.23. The van der Waals surface area contributed by atoms with E-state index < -0.39 is 0 Å². The van der Waals surface area contributed by atoms with E-state index in [1.807, 2.05) is 0 Å². The molecular formula is C35H74N4O2+2. The first-order valence-corrected chi connectivity index (χ1v) is 17.9. The SMILES string of the molecule is CCCCCCCCCCCCCC(=O)N[N+](C)(C)CCC[N+](C)(C)NC(=O)CCCCCCCCCCCCC. The number of quaternary nitrogens is 2. The molecule has 0 fully saturated rings. The highest BCUT2D eigenvalue weighted by molar-refractivity contribution is 5.74. The molecule has 0 aromatic rings. The summed E-state index contributed by atoms with van der Waals surface area (Å²) in [5.74, 6) is 0.305. The lowest BCUT2D eigenvalue weighted by molar-refractivity contribution is -0.943. The van der Waals surface area contributed by atoms with Gasteiger partial charge in [0, 0.05) is 12.8 Å². The lowest BCUT2D eigenvalue weighted by Crippen LogP contribution is -2.58. The first-order chi connectivity index (χ1) is 19.6. The molecular weight excluding hydrogens is 508 g/mol. The Balaban J connectivity index is 3.81. The second kappa shape index (κ2) is 26.5. The third kappa shape index (κ3) is 28.7. The highest BCUT2D eigenvalue weighted by atomic mass is 16.2. The third-order valence-corrected chi connectivity index (χ3v) is 8.30. The van der Waals surface area contributed by atoms with E-state index in [0.717, 1.165) is 45.2 Å². The van der Waals surface area contributed by atoms with Gasteiger partial charge in [0.2, 0.25) is 0 Å².